The van der Waals surface area contributed by atoms with Gasteiger partial charge in [0, 0.05) is 62.3 Å². The highest BCUT2D eigenvalue weighted by Gasteiger charge is 2.35. The molecule has 5 rings (SSSR count). The number of hydrogen-bond acceptors (Lipinski definition) is 4. The van der Waals surface area contributed by atoms with Gasteiger partial charge in [0.1, 0.15) is 0 Å². The van der Waals surface area contributed by atoms with Gasteiger partial charge < -0.3 is 14.5 Å². The van der Waals surface area contributed by atoms with Crippen LogP contribution in [0.4, 0.5) is 10.1 Å². The third-order valence-corrected chi connectivity index (χ3v) is 8.15. The zero-order valence-corrected chi connectivity index (χ0v) is 24.8. The molecule has 2 aliphatic rings. The van der Waals surface area contributed by atoms with Crippen LogP contribution in [0.2, 0.25) is 5.02 Å². The van der Waals surface area contributed by atoms with Crippen molar-refractivity contribution < 1.29 is 18.7 Å². The lowest BCUT2D eigenvalue weighted by molar-refractivity contribution is -0.132. The van der Waals surface area contributed by atoms with Crippen molar-refractivity contribution in [2.45, 2.75) is 51.6 Å². The van der Waals surface area contributed by atoms with E-state index in [1.807, 2.05) is 46.2 Å². The van der Waals surface area contributed by atoms with E-state index in [0.717, 1.165) is 56.6 Å². The number of rotatable bonds is 8. The van der Waals surface area contributed by atoms with Crippen LogP contribution < -0.4 is 9.64 Å². The molecule has 0 aromatic heterocycles. The highest BCUT2D eigenvalue weighted by atomic mass is 35.5. The minimum atomic E-state index is -0.406. The van der Waals surface area contributed by atoms with Crippen molar-refractivity contribution in [1.82, 2.24) is 9.80 Å². The van der Waals surface area contributed by atoms with Crippen LogP contribution in [0.5, 0.6) is 5.75 Å². The summed E-state index contributed by atoms with van der Waals surface area (Å²) < 4.78 is 19.5. The fraction of sp³-hybridized carbons (Fsp3) is 0.412. The summed E-state index contributed by atoms with van der Waals surface area (Å²) in [5.41, 5.74) is 3.08. The fourth-order valence-electron chi connectivity index (χ4n) is 5.49. The zero-order chi connectivity index (χ0) is 29.3. The molecule has 0 saturated heterocycles. The molecule has 0 spiro atoms. The van der Waals surface area contributed by atoms with Crippen molar-refractivity contribution in [3.8, 4) is 5.75 Å². The summed E-state index contributed by atoms with van der Waals surface area (Å²) in [6.45, 7) is 4.41. The molecule has 3 aromatic carbocycles. The summed E-state index contributed by atoms with van der Waals surface area (Å²) in [5.74, 6) is 0.113. The first-order valence-electron chi connectivity index (χ1n) is 15.0. The summed E-state index contributed by atoms with van der Waals surface area (Å²) in [6.07, 6.45) is 4.37. The third kappa shape index (κ3) is 8.33. The molecule has 1 heterocycles. The van der Waals surface area contributed by atoms with E-state index in [1.165, 1.54) is 11.6 Å². The second-order valence-electron chi connectivity index (χ2n) is 11.2. The Morgan fingerprint density at radius 2 is 1.60 bits per heavy atom. The molecule has 6 nitrogen and oxygen atoms in total. The zero-order valence-electron chi connectivity index (χ0n) is 24.0. The largest absolute Gasteiger partial charge is 0.491 e. The number of para-hydroxylation sites is 2. The number of anilines is 1. The van der Waals surface area contributed by atoms with Crippen LogP contribution in [0.25, 0.3) is 0 Å². The number of hydrogen-bond donors (Lipinski definition) is 0. The summed E-state index contributed by atoms with van der Waals surface area (Å²) in [4.78, 5) is 33.3. The second-order valence-corrected chi connectivity index (χ2v) is 11.6. The molecule has 0 bridgehead atoms. The Bertz CT molecular complexity index is 1350. The van der Waals surface area contributed by atoms with Crippen molar-refractivity contribution in [2.24, 2.45) is 5.92 Å². The highest BCUT2D eigenvalue weighted by molar-refractivity contribution is 6.30. The first-order chi connectivity index (χ1) is 20.5. The van der Waals surface area contributed by atoms with Gasteiger partial charge in [-0.15, -0.1) is 0 Å². The Balaban J connectivity index is 1.31. The van der Waals surface area contributed by atoms with Crippen LogP contribution in [-0.2, 0) is 22.7 Å². The summed E-state index contributed by atoms with van der Waals surface area (Å²) >= 11 is 6.11. The van der Waals surface area contributed by atoms with E-state index < -0.39 is 5.82 Å². The molecular formula is C34H39ClFN3O3. The summed E-state index contributed by atoms with van der Waals surface area (Å²) in [5, 5.41) is 0.716. The average Bonchev–Trinajstić information content (AvgIpc) is 3.84. The first-order valence-corrected chi connectivity index (χ1v) is 15.4. The monoisotopic (exact) mass is 591 g/mol. The van der Waals surface area contributed by atoms with Crippen LogP contribution in [0.1, 0.15) is 49.7 Å². The molecule has 2 amide bonds. The molecule has 1 fully saturated rings. The van der Waals surface area contributed by atoms with E-state index in [-0.39, 0.29) is 30.1 Å². The van der Waals surface area contributed by atoms with Crippen LogP contribution >= 0.6 is 11.6 Å². The molecule has 1 aliphatic heterocycles. The highest BCUT2D eigenvalue weighted by Crippen LogP contribution is 2.34. The van der Waals surface area contributed by atoms with Crippen molar-refractivity contribution in [2.75, 3.05) is 37.7 Å². The molecule has 0 radical (unpaired) electrons. The molecule has 42 heavy (non-hydrogen) atoms. The second kappa shape index (κ2) is 14.7. The van der Waals surface area contributed by atoms with E-state index in [1.54, 1.807) is 18.2 Å². The van der Waals surface area contributed by atoms with Crippen LogP contribution in [0.3, 0.4) is 0 Å². The summed E-state index contributed by atoms with van der Waals surface area (Å²) in [7, 11) is 0. The van der Waals surface area contributed by atoms with Crippen molar-refractivity contribution in [3.63, 3.8) is 0 Å². The maximum Gasteiger partial charge on any atom is 0.230 e. The maximum atomic E-state index is 13.9. The topological polar surface area (TPSA) is 53.1 Å². The number of carbonyl (C=O) groups is 2. The van der Waals surface area contributed by atoms with Crippen molar-refractivity contribution in [3.05, 3.63) is 94.8 Å². The predicted octanol–water partition coefficient (Wildman–Crippen LogP) is 6.71. The van der Waals surface area contributed by atoms with E-state index in [9.17, 15) is 14.0 Å². The lowest BCUT2D eigenvalue weighted by Crippen LogP contribution is -2.39. The molecular weight excluding hydrogens is 553 g/mol. The van der Waals surface area contributed by atoms with Gasteiger partial charge in [0.25, 0.3) is 0 Å². The Morgan fingerprint density at radius 3 is 2.36 bits per heavy atom. The third-order valence-electron chi connectivity index (χ3n) is 7.90. The normalized spacial score (nSPS) is 16.7. The molecule has 3 aromatic rings. The number of halogens is 2. The van der Waals surface area contributed by atoms with Crippen LogP contribution in [0, 0.1) is 11.7 Å². The van der Waals surface area contributed by atoms with Gasteiger partial charge in [-0.1, -0.05) is 54.1 Å². The van der Waals surface area contributed by atoms with Gasteiger partial charge in [0.15, 0.2) is 11.6 Å². The Kier molecular flexibility index (Phi) is 10.5. The SMILES string of the molecule is O=C(CCCOc1ccccc1F)N1CCCN(Cc2ccc(Cl)cc2)CCCN(C(=O)C2CC2)c2ccccc2C1. The van der Waals surface area contributed by atoms with E-state index in [2.05, 4.69) is 17.0 Å². The standard InChI is InChI=1S/C34H39ClFN3O3/c35-29-17-13-26(14-18-29)24-37-19-6-21-38(33(40)12-5-23-42-32-11-4-2-9-30(32)36)25-28-8-1-3-10-31(28)39(22-7-20-37)34(41)27-15-16-27/h1-4,8-11,13-14,17-18,27H,5-7,12,15-16,19-25H2. The molecule has 0 unspecified atom stereocenters. The smallest absolute Gasteiger partial charge is 0.230 e. The lowest BCUT2D eigenvalue weighted by atomic mass is 10.1. The minimum absolute atomic E-state index is 0.0308. The van der Waals surface area contributed by atoms with E-state index in [4.69, 9.17) is 16.3 Å². The van der Waals surface area contributed by atoms with Gasteiger partial charge in [-0.05, 0) is 73.6 Å². The molecule has 1 saturated carbocycles. The fourth-order valence-corrected chi connectivity index (χ4v) is 5.61. The van der Waals surface area contributed by atoms with E-state index >= 15 is 0 Å². The molecule has 8 heteroatoms. The molecule has 1 aliphatic carbocycles. The minimum Gasteiger partial charge on any atom is -0.491 e. The molecule has 222 valence electrons. The van der Waals surface area contributed by atoms with Crippen LogP contribution in [0.15, 0.2) is 72.8 Å². The Hall–Kier alpha value is -3.42. The lowest BCUT2D eigenvalue weighted by Gasteiger charge is -2.32. The molecule has 0 atom stereocenters. The Labute approximate surface area is 253 Å². The Morgan fingerprint density at radius 1 is 0.881 bits per heavy atom. The molecule has 0 N–H and O–H groups in total. The number of ether oxygens (including phenoxy) is 1. The van der Waals surface area contributed by atoms with Gasteiger partial charge >= 0.3 is 0 Å². The number of carbonyl (C=O) groups excluding carboxylic acids is 2. The first kappa shape index (κ1) is 30.1. The number of nitrogens with zero attached hydrogens (tertiary/aromatic N) is 3. The average molecular weight is 592 g/mol. The number of benzene rings is 3. The van der Waals surface area contributed by atoms with Gasteiger partial charge in [-0.2, -0.15) is 0 Å². The number of fused-ring (bicyclic) bond motifs is 1. The van der Waals surface area contributed by atoms with Gasteiger partial charge in [-0.25, -0.2) is 4.39 Å². The predicted molar refractivity (Wildman–Crippen MR) is 164 cm³/mol. The van der Waals surface area contributed by atoms with Crippen molar-refractivity contribution >= 4 is 29.1 Å². The van der Waals surface area contributed by atoms with Crippen LogP contribution in [-0.4, -0.2) is 54.4 Å². The van der Waals surface area contributed by atoms with Gasteiger partial charge in [0.2, 0.25) is 11.8 Å². The maximum absolute atomic E-state index is 13.9. The van der Waals surface area contributed by atoms with Gasteiger partial charge in [-0.3, -0.25) is 14.5 Å². The quantitative estimate of drug-likeness (QED) is 0.273. The number of amides is 2. The summed E-state index contributed by atoms with van der Waals surface area (Å²) in [6, 6.07) is 22.2. The van der Waals surface area contributed by atoms with Crippen molar-refractivity contribution in [1.29, 1.82) is 0 Å². The van der Waals surface area contributed by atoms with Gasteiger partial charge in [0.05, 0.1) is 6.61 Å². The van der Waals surface area contributed by atoms with E-state index in [0.29, 0.717) is 37.5 Å².